The van der Waals surface area contributed by atoms with Crippen molar-refractivity contribution in [1.82, 2.24) is 0 Å². The molecule has 0 aliphatic heterocycles. The first-order valence-corrected chi connectivity index (χ1v) is 6.88. The number of ether oxygens (including phenoxy) is 1. The molecule has 2 rings (SSSR count). The Morgan fingerprint density at radius 3 is 2.62 bits per heavy atom. The van der Waals surface area contributed by atoms with Crippen molar-refractivity contribution < 1.29 is 18.7 Å². The second-order valence-electron chi connectivity index (χ2n) is 4.00. The van der Waals surface area contributed by atoms with Crippen LogP contribution in [0.1, 0.15) is 5.76 Å². The number of carbonyl (C=O) groups is 2. The zero-order valence-electron chi connectivity index (χ0n) is 10.9. The fraction of sp³-hybridized carbons (Fsp3) is 0.0667. The van der Waals surface area contributed by atoms with E-state index in [1.54, 1.807) is 36.4 Å². The van der Waals surface area contributed by atoms with Gasteiger partial charge in [0, 0.05) is 11.8 Å². The van der Waals surface area contributed by atoms with Gasteiger partial charge in [0.05, 0.1) is 0 Å². The number of benzene rings is 1. The van der Waals surface area contributed by atoms with Crippen LogP contribution in [0.5, 0.6) is 0 Å². The summed E-state index contributed by atoms with van der Waals surface area (Å²) in [7, 11) is 0. The van der Waals surface area contributed by atoms with Crippen LogP contribution in [0.3, 0.4) is 0 Å². The Bertz CT molecular complexity index is 649. The van der Waals surface area contributed by atoms with Gasteiger partial charge < -0.3 is 14.5 Å². The molecule has 0 atom stereocenters. The molecule has 0 spiro atoms. The monoisotopic (exact) mass is 349 g/mol. The van der Waals surface area contributed by atoms with Crippen LogP contribution in [0.2, 0.25) is 0 Å². The summed E-state index contributed by atoms with van der Waals surface area (Å²) in [6.45, 7) is -0.347. The molecule has 0 saturated heterocycles. The fourth-order valence-corrected chi connectivity index (χ4v) is 1.79. The van der Waals surface area contributed by atoms with E-state index in [9.17, 15) is 9.59 Å². The first kappa shape index (κ1) is 15.1. The lowest BCUT2D eigenvalue weighted by atomic mass is 10.3. The van der Waals surface area contributed by atoms with Crippen molar-refractivity contribution in [2.45, 2.75) is 0 Å². The Balaban J connectivity index is 1.76. The lowest BCUT2D eigenvalue weighted by Crippen LogP contribution is -2.20. The van der Waals surface area contributed by atoms with Gasteiger partial charge in [-0.05, 0) is 46.3 Å². The van der Waals surface area contributed by atoms with Crippen molar-refractivity contribution in [3.05, 3.63) is 59.0 Å². The van der Waals surface area contributed by atoms with Crippen LogP contribution in [0.15, 0.2) is 57.6 Å². The third kappa shape index (κ3) is 5.27. The number of rotatable bonds is 5. The molecule has 1 N–H and O–H groups in total. The molecular weight excluding hydrogens is 338 g/mol. The molecule has 1 heterocycles. The first-order chi connectivity index (χ1) is 10.1. The molecule has 1 aromatic heterocycles. The minimum Gasteiger partial charge on any atom is -0.452 e. The maximum absolute atomic E-state index is 11.6. The van der Waals surface area contributed by atoms with Crippen molar-refractivity contribution in [2.24, 2.45) is 0 Å². The molecule has 21 heavy (non-hydrogen) atoms. The van der Waals surface area contributed by atoms with E-state index in [1.807, 2.05) is 6.07 Å². The molecule has 0 radical (unpaired) electrons. The molecule has 5 nitrogen and oxygen atoms in total. The number of carbonyl (C=O) groups excluding carboxylic acids is 2. The summed E-state index contributed by atoms with van der Waals surface area (Å²) in [5, 5.41) is 2.61. The quantitative estimate of drug-likeness (QED) is 0.664. The van der Waals surface area contributed by atoms with Crippen LogP contribution in [0, 0.1) is 0 Å². The SMILES string of the molecule is O=C(COC(=O)C=Cc1ccc(Br)o1)Nc1ccccc1. The van der Waals surface area contributed by atoms with Crippen LogP contribution in [0.25, 0.3) is 6.08 Å². The Morgan fingerprint density at radius 1 is 1.19 bits per heavy atom. The molecule has 0 saturated carbocycles. The Kier molecular flexibility index (Phi) is 5.34. The van der Waals surface area contributed by atoms with E-state index in [-0.39, 0.29) is 6.61 Å². The van der Waals surface area contributed by atoms with Crippen LogP contribution in [0.4, 0.5) is 5.69 Å². The van der Waals surface area contributed by atoms with Gasteiger partial charge >= 0.3 is 5.97 Å². The number of furan rings is 1. The highest BCUT2D eigenvalue weighted by atomic mass is 79.9. The van der Waals surface area contributed by atoms with E-state index in [0.717, 1.165) is 0 Å². The van der Waals surface area contributed by atoms with Crippen LogP contribution >= 0.6 is 15.9 Å². The predicted molar refractivity (Wildman–Crippen MR) is 81.5 cm³/mol. The van der Waals surface area contributed by atoms with E-state index in [2.05, 4.69) is 21.2 Å². The second kappa shape index (κ2) is 7.44. The van der Waals surface area contributed by atoms with E-state index in [0.29, 0.717) is 16.1 Å². The standard InChI is InChI=1S/C15H12BrNO4/c16-13-8-6-12(21-13)7-9-15(19)20-10-14(18)17-11-4-2-1-3-5-11/h1-9H,10H2,(H,17,18). The van der Waals surface area contributed by atoms with Crippen molar-refractivity contribution in [2.75, 3.05) is 11.9 Å². The average molecular weight is 350 g/mol. The summed E-state index contributed by atoms with van der Waals surface area (Å²) in [4.78, 5) is 23.0. The molecule has 0 aliphatic rings. The lowest BCUT2D eigenvalue weighted by Gasteiger charge is -2.04. The predicted octanol–water partition coefficient (Wildman–Crippen LogP) is 3.24. The second-order valence-corrected chi connectivity index (χ2v) is 4.78. The third-order valence-corrected chi connectivity index (χ3v) is 2.81. The van der Waals surface area contributed by atoms with Gasteiger partial charge in [-0.1, -0.05) is 18.2 Å². The van der Waals surface area contributed by atoms with E-state index >= 15 is 0 Å². The summed E-state index contributed by atoms with van der Waals surface area (Å²) in [5.74, 6) is -0.512. The highest BCUT2D eigenvalue weighted by molar-refractivity contribution is 9.10. The Hall–Kier alpha value is -2.34. The number of para-hydroxylation sites is 1. The molecule has 108 valence electrons. The Labute approximate surface area is 129 Å². The average Bonchev–Trinajstić information content (AvgIpc) is 2.90. The minimum atomic E-state index is -0.620. The van der Waals surface area contributed by atoms with Gasteiger partial charge in [0.15, 0.2) is 11.3 Å². The van der Waals surface area contributed by atoms with Crippen LogP contribution in [-0.4, -0.2) is 18.5 Å². The molecule has 1 aromatic carbocycles. The molecule has 6 heteroatoms. The molecule has 2 aromatic rings. The van der Waals surface area contributed by atoms with E-state index in [1.165, 1.54) is 12.2 Å². The normalized spacial score (nSPS) is 10.5. The zero-order valence-corrected chi connectivity index (χ0v) is 12.5. The molecule has 1 amide bonds. The number of hydrogen-bond acceptors (Lipinski definition) is 4. The van der Waals surface area contributed by atoms with Crippen molar-refractivity contribution in [3.8, 4) is 0 Å². The number of nitrogens with one attached hydrogen (secondary N) is 1. The smallest absolute Gasteiger partial charge is 0.331 e. The highest BCUT2D eigenvalue weighted by Crippen LogP contribution is 2.15. The van der Waals surface area contributed by atoms with Gasteiger partial charge in [0.1, 0.15) is 5.76 Å². The summed E-state index contributed by atoms with van der Waals surface area (Å²) in [6, 6.07) is 12.3. The number of anilines is 1. The molecule has 0 aliphatic carbocycles. The maximum Gasteiger partial charge on any atom is 0.331 e. The van der Waals surface area contributed by atoms with Gasteiger partial charge in [-0.2, -0.15) is 0 Å². The van der Waals surface area contributed by atoms with Crippen molar-refractivity contribution >= 4 is 39.6 Å². The van der Waals surface area contributed by atoms with Crippen LogP contribution < -0.4 is 5.32 Å². The zero-order chi connectivity index (χ0) is 15.1. The molecular formula is C15H12BrNO4. The fourth-order valence-electron chi connectivity index (χ4n) is 1.47. The van der Waals surface area contributed by atoms with Gasteiger partial charge in [0.25, 0.3) is 5.91 Å². The van der Waals surface area contributed by atoms with Crippen LogP contribution in [-0.2, 0) is 14.3 Å². The third-order valence-electron chi connectivity index (χ3n) is 2.38. The largest absolute Gasteiger partial charge is 0.452 e. The van der Waals surface area contributed by atoms with Crippen molar-refractivity contribution in [3.63, 3.8) is 0 Å². The molecule has 0 unspecified atom stereocenters. The van der Waals surface area contributed by atoms with Gasteiger partial charge in [0.2, 0.25) is 0 Å². The van der Waals surface area contributed by atoms with Gasteiger partial charge in [-0.3, -0.25) is 4.79 Å². The van der Waals surface area contributed by atoms with Gasteiger partial charge in [-0.25, -0.2) is 4.79 Å². The van der Waals surface area contributed by atoms with E-state index < -0.39 is 11.9 Å². The summed E-state index contributed by atoms with van der Waals surface area (Å²) < 4.78 is 10.6. The Morgan fingerprint density at radius 2 is 1.95 bits per heavy atom. The number of hydrogen-bond donors (Lipinski definition) is 1. The summed E-state index contributed by atoms with van der Waals surface area (Å²) >= 11 is 3.15. The topological polar surface area (TPSA) is 68.5 Å². The minimum absolute atomic E-state index is 0.347. The van der Waals surface area contributed by atoms with Crippen molar-refractivity contribution in [1.29, 1.82) is 0 Å². The maximum atomic E-state index is 11.6. The molecule has 0 bridgehead atoms. The number of amides is 1. The highest BCUT2D eigenvalue weighted by Gasteiger charge is 2.05. The van der Waals surface area contributed by atoms with E-state index in [4.69, 9.17) is 9.15 Å². The summed E-state index contributed by atoms with van der Waals surface area (Å²) in [5.41, 5.74) is 0.648. The van der Waals surface area contributed by atoms with Gasteiger partial charge in [-0.15, -0.1) is 0 Å². The number of halogens is 1. The molecule has 0 fully saturated rings. The lowest BCUT2D eigenvalue weighted by molar-refractivity contribution is -0.142. The number of esters is 1. The summed E-state index contributed by atoms with van der Waals surface area (Å²) in [6.07, 6.45) is 2.66. The first-order valence-electron chi connectivity index (χ1n) is 6.08.